The fourth-order valence-corrected chi connectivity index (χ4v) is 2.94. The Kier molecular flexibility index (Phi) is 3.81. The molecule has 3 nitrogen and oxygen atoms in total. The van der Waals surface area contributed by atoms with Crippen molar-refractivity contribution in [2.45, 2.75) is 50.4 Å². The van der Waals surface area contributed by atoms with Crippen LogP contribution < -0.4 is 5.32 Å². The monoisotopic (exact) mass is 245 g/mol. The van der Waals surface area contributed by atoms with Crippen LogP contribution in [0.15, 0.2) is 0 Å². The van der Waals surface area contributed by atoms with E-state index < -0.39 is 0 Å². The van der Waals surface area contributed by atoms with Crippen molar-refractivity contribution in [2.75, 3.05) is 5.32 Å². The van der Waals surface area contributed by atoms with Crippen molar-refractivity contribution in [3.8, 4) is 0 Å². The summed E-state index contributed by atoms with van der Waals surface area (Å²) in [7, 11) is 0. The van der Waals surface area contributed by atoms with Crippen molar-refractivity contribution in [3.05, 3.63) is 5.01 Å². The van der Waals surface area contributed by atoms with Gasteiger partial charge in [0, 0.05) is 6.04 Å². The van der Waals surface area contributed by atoms with Gasteiger partial charge in [-0.1, -0.05) is 30.6 Å². The summed E-state index contributed by atoms with van der Waals surface area (Å²) in [6.07, 6.45) is 6.07. The molecule has 15 heavy (non-hydrogen) atoms. The maximum absolute atomic E-state index is 6.34. The van der Waals surface area contributed by atoms with E-state index in [0.717, 1.165) is 23.0 Å². The number of nitrogens with zero attached hydrogens (tertiary/aromatic N) is 2. The highest BCUT2D eigenvalue weighted by Crippen LogP contribution is 2.26. The smallest absolute Gasteiger partial charge is 0.205 e. The maximum Gasteiger partial charge on any atom is 0.205 e. The highest BCUT2D eigenvalue weighted by Gasteiger charge is 2.22. The van der Waals surface area contributed by atoms with E-state index >= 15 is 0 Å². The van der Waals surface area contributed by atoms with Crippen molar-refractivity contribution in [2.24, 2.45) is 0 Å². The van der Waals surface area contributed by atoms with Crippen molar-refractivity contribution < 1.29 is 0 Å². The number of hydrogen-bond donors (Lipinski definition) is 1. The Morgan fingerprint density at radius 1 is 1.27 bits per heavy atom. The second-order valence-corrected chi connectivity index (χ2v) is 5.77. The number of alkyl halides is 1. The first-order valence-corrected chi connectivity index (χ1v) is 6.72. The average molecular weight is 246 g/mol. The van der Waals surface area contributed by atoms with Gasteiger partial charge in [-0.05, 0) is 19.8 Å². The highest BCUT2D eigenvalue weighted by atomic mass is 35.5. The molecule has 1 fully saturated rings. The fourth-order valence-electron chi connectivity index (χ4n) is 1.94. The zero-order chi connectivity index (χ0) is 10.7. The van der Waals surface area contributed by atoms with Gasteiger partial charge in [0.25, 0.3) is 0 Å². The van der Waals surface area contributed by atoms with Crippen LogP contribution >= 0.6 is 22.9 Å². The first-order chi connectivity index (χ1) is 7.25. The molecule has 0 spiro atoms. The van der Waals surface area contributed by atoms with Gasteiger partial charge in [-0.25, -0.2) is 0 Å². The second kappa shape index (κ2) is 5.12. The Morgan fingerprint density at radius 2 is 2.07 bits per heavy atom. The Hall–Kier alpha value is -0.350. The third-order valence-corrected chi connectivity index (χ3v) is 4.06. The number of aryl methyl sites for hydroxylation is 1. The summed E-state index contributed by atoms with van der Waals surface area (Å²) in [4.78, 5) is 0. The molecule has 2 rings (SSSR count). The summed E-state index contributed by atoms with van der Waals surface area (Å²) < 4.78 is 0. The van der Waals surface area contributed by atoms with E-state index in [1.165, 1.54) is 19.3 Å². The largest absolute Gasteiger partial charge is 0.356 e. The predicted octanol–water partition coefficient (Wildman–Crippen LogP) is 3.20. The molecule has 0 amide bonds. The van der Waals surface area contributed by atoms with Crippen LogP contribution in [-0.4, -0.2) is 21.6 Å². The summed E-state index contributed by atoms with van der Waals surface area (Å²) in [5, 5.41) is 13.6. The van der Waals surface area contributed by atoms with Gasteiger partial charge >= 0.3 is 0 Å². The van der Waals surface area contributed by atoms with Crippen LogP contribution in [0.5, 0.6) is 0 Å². The van der Waals surface area contributed by atoms with Crippen molar-refractivity contribution in [1.29, 1.82) is 0 Å². The lowest BCUT2D eigenvalue weighted by Crippen LogP contribution is -2.28. The molecule has 0 bridgehead atoms. The molecule has 1 aliphatic carbocycles. The van der Waals surface area contributed by atoms with Gasteiger partial charge < -0.3 is 5.32 Å². The molecule has 1 N–H and O–H groups in total. The van der Waals surface area contributed by atoms with Crippen molar-refractivity contribution >= 4 is 28.1 Å². The number of anilines is 1. The topological polar surface area (TPSA) is 37.8 Å². The molecule has 1 aliphatic rings. The van der Waals surface area contributed by atoms with E-state index in [9.17, 15) is 0 Å². The number of rotatable bonds is 2. The Morgan fingerprint density at radius 3 is 2.80 bits per heavy atom. The molecule has 2 atom stereocenters. The summed E-state index contributed by atoms with van der Waals surface area (Å²) in [5.74, 6) is 0. The molecule has 0 aromatic carbocycles. The molecule has 1 aromatic heterocycles. The molecule has 0 aliphatic heterocycles. The van der Waals surface area contributed by atoms with Crippen LogP contribution in [0.4, 0.5) is 5.13 Å². The molecule has 2 unspecified atom stereocenters. The summed E-state index contributed by atoms with van der Waals surface area (Å²) in [5.41, 5.74) is 0. The fraction of sp³-hybridized carbons (Fsp3) is 0.800. The maximum atomic E-state index is 6.34. The van der Waals surface area contributed by atoms with Crippen molar-refractivity contribution in [3.63, 3.8) is 0 Å². The molecule has 1 saturated carbocycles. The van der Waals surface area contributed by atoms with Crippen LogP contribution in [0.2, 0.25) is 0 Å². The first kappa shape index (κ1) is 11.1. The second-order valence-electron chi connectivity index (χ2n) is 4.03. The van der Waals surface area contributed by atoms with E-state index in [1.54, 1.807) is 11.3 Å². The molecule has 84 valence electrons. The quantitative estimate of drug-likeness (QED) is 0.642. The minimum absolute atomic E-state index is 0.233. The lowest BCUT2D eigenvalue weighted by molar-refractivity contribution is 0.626. The lowest BCUT2D eigenvalue weighted by Gasteiger charge is -2.20. The number of halogens is 1. The molecule has 5 heteroatoms. The summed E-state index contributed by atoms with van der Waals surface area (Å²) in [6.45, 7) is 1.97. The SMILES string of the molecule is Cc1nnc(NC2CCCCCC2Cl)s1. The normalized spacial score (nSPS) is 27.3. The summed E-state index contributed by atoms with van der Waals surface area (Å²) in [6, 6.07) is 0.363. The number of aromatic nitrogens is 2. The minimum Gasteiger partial charge on any atom is -0.356 e. The van der Waals surface area contributed by atoms with Gasteiger partial charge in [-0.15, -0.1) is 21.8 Å². The van der Waals surface area contributed by atoms with E-state index in [4.69, 9.17) is 11.6 Å². The third kappa shape index (κ3) is 3.05. The van der Waals surface area contributed by atoms with Gasteiger partial charge in [0.15, 0.2) is 0 Å². The molecule has 1 aromatic rings. The molecule has 1 heterocycles. The Balaban J connectivity index is 1.97. The van der Waals surface area contributed by atoms with Crippen LogP contribution in [0.1, 0.15) is 37.1 Å². The van der Waals surface area contributed by atoms with Crippen LogP contribution in [0, 0.1) is 6.92 Å². The Labute approximate surface area is 99.2 Å². The van der Waals surface area contributed by atoms with E-state index in [0.29, 0.717) is 6.04 Å². The molecule has 0 radical (unpaired) electrons. The lowest BCUT2D eigenvalue weighted by atomic mass is 10.1. The Bertz CT molecular complexity index is 315. The van der Waals surface area contributed by atoms with E-state index in [2.05, 4.69) is 15.5 Å². The number of nitrogens with one attached hydrogen (secondary N) is 1. The highest BCUT2D eigenvalue weighted by molar-refractivity contribution is 7.15. The molecular weight excluding hydrogens is 230 g/mol. The van der Waals surface area contributed by atoms with Crippen LogP contribution in [0.25, 0.3) is 0 Å². The zero-order valence-electron chi connectivity index (χ0n) is 8.87. The van der Waals surface area contributed by atoms with E-state index in [1.807, 2.05) is 6.92 Å². The van der Waals surface area contributed by atoms with Crippen LogP contribution in [-0.2, 0) is 0 Å². The van der Waals surface area contributed by atoms with Gasteiger partial charge in [-0.3, -0.25) is 0 Å². The van der Waals surface area contributed by atoms with Gasteiger partial charge in [0.1, 0.15) is 5.01 Å². The third-order valence-electron chi connectivity index (χ3n) is 2.77. The molecular formula is C10H16ClN3S. The standard InChI is InChI=1S/C10H16ClN3S/c1-7-13-14-10(15-7)12-9-6-4-2-3-5-8(9)11/h8-9H,2-6H2,1H3,(H,12,14). The van der Waals surface area contributed by atoms with Gasteiger partial charge in [0.2, 0.25) is 5.13 Å². The van der Waals surface area contributed by atoms with Gasteiger partial charge in [-0.2, -0.15) is 0 Å². The predicted molar refractivity (Wildman–Crippen MR) is 64.8 cm³/mol. The van der Waals surface area contributed by atoms with Gasteiger partial charge in [0.05, 0.1) is 5.38 Å². The number of hydrogen-bond acceptors (Lipinski definition) is 4. The minimum atomic E-state index is 0.233. The van der Waals surface area contributed by atoms with E-state index in [-0.39, 0.29) is 5.38 Å². The zero-order valence-corrected chi connectivity index (χ0v) is 10.4. The first-order valence-electron chi connectivity index (χ1n) is 5.46. The average Bonchev–Trinajstić information content (AvgIpc) is 2.50. The van der Waals surface area contributed by atoms with Crippen molar-refractivity contribution in [1.82, 2.24) is 10.2 Å². The summed E-state index contributed by atoms with van der Waals surface area (Å²) >= 11 is 7.94. The molecule has 0 saturated heterocycles. The van der Waals surface area contributed by atoms with Crippen LogP contribution in [0.3, 0.4) is 0 Å².